The van der Waals surface area contributed by atoms with E-state index >= 15 is 0 Å². The van der Waals surface area contributed by atoms with Gasteiger partial charge >= 0.3 is 0 Å². The van der Waals surface area contributed by atoms with E-state index in [1.165, 1.54) is 0 Å². The number of carbonyl (C=O) groups excluding carboxylic acids is 1. The Morgan fingerprint density at radius 3 is 3.05 bits per heavy atom. The summed E-state index contributed by atoms with van der Waals surface area (Å²) >= 11 is 1.00. The summed E-state index contributed by atoms with van der Waals surface area (Å²) in [4.78, 5) is 12.1. The summed E-state index contributed by atoms with van der Waals surface area (Å²) in [6.07, 6.45) is 0. The fraction of sp³-hybridized carbons (Fsp3) is 0.167. The highest BCUT2D eigenvalue weighted by Gasteiger charge is 2.11. The molecule has 7 heteroatoms. The van der Waals surface area contributed by atoms with Gasteiger partial charge in [-0.05, 0) is 29.8 Å². The van der Waals surface area contributed by atoms with Crippen LogP contribution in [0.15, 0.2) is 18.2 Å². The largest absolute Gasteiger partial charge is 0.384 e. The van der Waals surface area contributed by atoms with Crippen LogP contribution in [0.1, 0.15) is 21.5 Å². The second kappa shape index (κ2) is 6.04. The molecule has 1 aromatic carbocycles. The highest BCUT2D eigenvalue weighted by atomic mass is 32.1. The van der Waals surface area contributed by atoms with Crippen LogP contribution in [0.2, 0.25) is 0 Å². The summed E-state index contributed by atoms with van der Waals surface area (Å²) in [6, 6.07) is 5.26. The summed E-state index contributed by atoms with van der Waals surface area (Å²) in [5, 5.41) is 18.7. The van der Waals surface area contributed by atoms with Crippen molar-refractivity contribution >= 4 is 22.6 Å². The summed E-state index contributed by atoms with van der Waals surface area (Å²) in [5.74, 6) is 5.01. The van der Waals surface area contributed by atoms with E-state index in [9.17, 15) is 4.79 Å². The molecule has 0 aliphatic carbocycles. The molecule has 2 N–H and O–H groups in total. The van der Waals surface area contributed by atoms with E-state index < -0.39 is 0 Å². The number of anilines is 1. The van der Waals surface area contributed by atoms with Crippen molar-refractivity contribution in [2.45, 2.75) is 6.92 Å². The van der Waals surface area contributed by atoms with Crippen LogP contribution in [0.25, 0.3) is 0 Å². The van der Waals surface area contributed by atoms with Crippen LogP contribution in [0, 0.1) is 18.8 Å². The fourth-order valence-corrected chi connectivity index (χ4v) is 1.79. The fourth-order valence-electron chi connectivity index (χ4n) is 1.43. The Bertz CT molecular complexity index is 643. The zero-order valence-electron chi connectivity index (χ0n) is 10.0. The molecule has 0 aliphatic rings. The molecular formula is C12H10N4O2S. The van der Waals surface area contributed by atoms with Crippen molar-refractivity contribution in [2.75, 3.05) is 11.9 Å². The van der Waals surface area contributed by atoms with Crippen LogP contribution in [0.5, 0.6) is 0 Å². The maximum absolute atomic E-state index is 12.1. The number of aryl methyl sites for hydroxylation is 1. The quantitative estimate of drug-likeness (QED) is 0.792. The van der Waals surface area contributed by atoms with Crippen molar-refractivity contribution in [3.8, 4) is 11.8 Å². The maximum Gasteiger partial charge on any atom is 0.257 e. The van der Waals surface area contributed by atoms with E-state index in [4.69, 9.17) is 5.11 Å². The molecule has 6 nitrogen and oxygen atoms in total. The first-order valence-electron chi connectivity index (χ1n) is 5.37. The van der Waals surface area contributed by atoms with Crippen molar-refractivity contribution in [3.63, 3.8) is 0 Å². The third-order valence-electron chi connectivity index (χ3n) is 2.31. The number of hydrogen-bond donors (Lipinski definition) is 2. The Hall–Kier alpha value is -2.30. The molecule has 2 aromatic rings. The number of benzene rings is 1. The number of amides is 1. The normalized spacial score (nSPS) is 9.58. The molecule has 0 radical (unpaired) electrons. The van der Waals surface area contributed by atoms with Gasteiger partial charge in [-0.1, -0.05) is 27.5 Å². The van der Waals surface area contributed by atoms with E-state index in [1.807, 2.05) is 6.92 Å². The molecule has 0 unspecified atom stereocenters. The van der Waals surface area contributed by atoms with Crippen LogP contribution < -0.4 is 5.32 Å². The zero-order chi connectivity index (χ0) is 13.7. The zero-order valence-corrected chi connectivity index (χ0v) is 10.9. The van der Waals surface area contributed by atoms with Gasteiger partial charge < -0.3 is 5.11 Å². The number of nitrogens with zero attached hydrogens (tertiary/aromatic N) is 3. The van der Waals surface area contributed by atoms with Crippen LogP contribution >= 0.6 is 11.5 Å². The number of aliphatic hydroxyl groups excluding tert-OH is 1. The highest BCUT2D eigenvalue weighted by Crippen LogP contribution is 2.14. The van der Waals surface area contributed by atoms with Gasteiger partial charge in [0.15, 0.2) is 0 Å². The average molecular weight is 274 g/mol. The van der Waals surface area contributed by atoms with Crippen LogP contribution in [0.3, 0.4) is 0 Å². The van der Waals surface area contributed by atoms with Gasteiger partial charge in [-0.2, -0.15) is 0 Å². The number of aliphatic hydroxyl groups is 1. The molecule has 0 aliphatic heterocycles. The molecule has 0 bridgehead atoms. The van der Waals surface area contributed by atoms with Gasteiger partial charge in [-0.15, -0.1) is 0 Å². The van der Waals surface area contributed by atoms with E-state index in [0.717, 1.165) is 17.1 Å². The predicted octanol–water partition coefficient (Wildman–Crippen LogP) is 0.838. The second-order valence-electron chi connectivity index (χ2n) is 3.61. The van der Waals surface area contributed by atoms with E-state index in [1.54, 1.807) is 18.2 Å². The number of nitrogens with one attached hydrogen (secondary N) is 1. The third kappa shape index (κ3) is 3.34. The minimum absolute atomic E-state index is 0.216. The second-order valence-corrected chi connectivity index (χ2v) is 4.34. The highest BCUT2D eigenvalue weighted by molar-refractivity contribution is 7.09. The lowest BCUT2D eigenvalue weighted by molar-refractivity contribution is 0.102. The number of rotatable bonds is 2. The van der Waals surface area contributed by atoms with Crippen LogP contribution in [-0.4, -0.2) is 32.4 Å². The van der Waals surface area contributed by atoms with Crippen molar-refractivity contribution in [3.05, 3.63) is 34.9 Å². The summed E-state index contributed by atoms with van der Waals surface area (Å²) in [7, 11) is 0. The lowest BCUT2D eigenvalue weighted by Gasteiger charge is -2.05. The Morgan fingerprint density at radius 1 is 1.53 bits per heavy atom. The Morgan fingerprint density at radius 2 is 2.37 bits per heavy atom. The molecule has 1 heterocycles. The minimum Gasteiger partial charge on any atom is -0.384 e. The molecule has 19 heavy (non-hydrogen) atoms. The van der Waals surface area contributed by atoms with Gasteiger partial charge in [0.2, 0.25) is 5.13 Å². The Balaban J connectivity index is 2.25. The van der Waals surface area contributed by atoms with E-state index in [0.29, 0.717) is 16.3 Å². The van der Waals surface area contributed by atoms with Gasteiger partial charge in [-0.3, -0.25) is 10.1 Å². The molecule has 1 aromatic heterocycles. The number of hydrogen-bond acceptors (Lipinski definition) is 6. The van der Waals surface area contributed by atoms with Gasteiger partial charge in [-0.25, -0.2) is 0 Å². The van der Waals surface area contributed by atoms with Crippen molar-refractivity contribution in [2.24, 2.45) is 0 Å². The minimum atomic E-state index is -0.288. The first-order chi connectivity index (χ1) is 9.20. The molecule has 0 fully saturated rings. The van der Waals surface area contributed by atoms with E-state index in [-0.39, 0.29) is 12.5 Å². The molecule has 0 spiro atoms. The molecule has 1 amide bonds. The summed E-state index contributed by atoms with van der Waals surface area (Å²) in [5.41, 5.74) is 1.99. The monoisotopic (exact) mass is 274 g/mol. The third-order valence-corrected chi connectivity index (χ3v) is 2.83. The van der Waals surface area contributed by atoms with Gasteiger partial charge in [0.25, 0.3) is 5.91 Å². The van der Waals surface area contributed by atoms with Gasteiger partial charge in [0, 0.05) is 22.7 Å². The topological polar surface area (TPSA) is 88.0 Å². The summed E-state index contributed by atoms with van der Waals surface area (Å²) in [6.45, 7) is 1.61. The first-order valence-corrected chi connectivity index (χ1v) is 6.15. The molecule has 0 saturated heterocycles. The lowest BCUT2D eigenvalue weighted by atomic mass is 10.0. The molecule has 0 atom stereocenters. The predicted molar refractivity (Wildman–Crippen MR) is 70.8 cm³/mol. The first kappa shape index (κ1) is 13.1. The smallest absolute Gasteiger partial charge is 0.257 e. The lowest BCUT2D eigenvalue weighted by Crippen LogP contribution is -2.13. The Labute approximate surface area is 113 Å². The van der Waals surface area contributed by atoms with Crippen molar-refractivity contribution in [1.82, 2.24) is 14.8 Å². The molecule has 2 rings (SSSR count). The Kier molecular flexibility index (Phi) is 4.18. The van der Waals surface area contributed by atoms with Gasteiger partial charge in [0.05, 0.1) is 0 Å². The van der Waals surface area contributed by atoms with E-state index in [2.05, 4.69) is 32.0 Å². The number of aromatic nitrogens is 3. The van der Waals surface area contributed by atoms with Gasteiger partial charge in [0.1, 0.15) is 6.61 Å². The van der Waals surface area contributed by atoms with Crippen LogP contribution in [-0.2, 0) is 0 Å². The molecular weight excluding hydrogens is 264 g/mol. The number of carbonyl (C=O) groups is 1. The average Bonchev–Trinajstić information content (AvgIpc) is 2.90. The maximum atomic E-state index is 12.1. The molecule has 96 valence electrons. The standard InChI is InChI=1S/C12H10N4O2S/c1-8-4-5-9(3-2-6-17)7-10(8)11(18)13-12-14-15-16-19-12/h4-5,7,17H,6H2,1H3,(H,13,14,16,18). The summed E-state index contributed by atoms with van der Waals surface area (Å²) < 4.78 is 3.57. The van der Waals surface area contributed by atoms with Crippen LogP contribution in [0.4, 0.5) is 5.13 Å². The van der Waals surface area contributed by atoms with Crippen molar-refractivity contribution in [1.29, 1.82) is 0 Å². The van der Waals surface area contributed by atoms with Crippen molar-refractivity contribution < 1.29 is 9.90 Å². The molecule has 0 saturated carbocycles. The SMILES string of the molecule is Cc1ccc(C#CCO)cc1C(=O)Nc1nnns1.